The number of likely N-dealkylation sites (tertiary alicyclic amines) is 1. The van der Waals surface area contributed by atoms with Crippen molar-refractivity contribution in [3.05, 3.63) is 77.6 Å². The lowest BCUT2D eigenvalue weighted by Gasteiger charge is -2.40. The second-order valence-corrected chi connectivity index (χ2v) is 11.9. The first-order valence-electron chi connectivity index (χ1n) is 12.2. The Bertz CT molecular complexity index is 1180. The Morgan fingerprint density at radius 2 is 1.94 bits per heavy atom. The molecule has 3 aromatic rings. The Labute approximate surface area is 209 Å². The number of phenols is 1. The standard InChI is InChI=1S/C28H34FNO4Si/c1-18(35)28(2,3)34-27(32)30-14-13-24(20-8-10-22(29)11-9-20)26(16-30)33-17-19-7-12-23-21(15-19)5-4-6-25(23)31/h4-12,15,18,24,26,31H,13-14,16-17H2,1-3,35H3. The Hall–Kier alpha value is -2.90. The molecule has 3 aromatic carbocycles. The number of carbonyl (C=O) groups is 1. The van der Waals surface area contributed by atoms with Crippen LogP contribution in [0.3, 0.4) is 0 Å². The smallest absolute Gasteiger partial charge is 0.410 e. The molecule has 186 valence electrons. The van der Waals surface area contributed by atoms with Crippen LogP contribution in [0.4, 0.5) is 9.18 Å². The summed E-state index contributed by atoms with van der Waals surface area (Å²) in [6, 6.07) is 17.8. The molecular weight excluding hydrogens is 461 g/mol. The van der Waals surface area contributed by atoms with Gasteiger partial charge in [0.05, 0.1) is 19.3 Å². The first-order chi connectivity index (χ1) is 16.6. The maximum Gasteiger partial charge on any atom is 0.410 e. The van der Waals surface area contributed by atoms with Crippen molar-refractivity contribution in [3.8, 4) is 5.75 Å². The van der Waals surface area contributed by atoms with Gasteiger partial charge in [0.1, 0.15) is 17.2 Å². The van der Waals surface area contributed by atoms with E-state index in [1.54, 1.807) is 23.1 Å². The Morgan fingerprint density at radius 1 is 1.20 bits per heavy atom. The third-order valence-corrected chi connectivity index (χ3v) is 8.63. The van der Waals surface area contributed by atoms with E-state index in [1.165, 1.54) is 12.1 Å². The van der Waals surface area contributed by atoms with Gasteiger partial charge in [-0.15, -0.1) is 0 Å². The van der Waals surface area contributed by atoms with Gasteiger partial charge in [-0.2, -0.15) is 0 Å². The molecule has 0 aliphatic carbocycles. The number of aromatic hydroxyl groups is 1. The van der Waals surface area contributed by atoms with Crippen molar-refractivity contribution >= 4 is 27.1 Å². The van der Waals surface area contributed by atoms with Gasteiger partial charge in [-0.25, -0.2) is 9.18 Å². The van der Waals surface area contributed by atoms with Crippen LogP contribution in [-0.4, -0.2) is 51.1 Å². The predicted octanol–water partition coefficient (Wildman–Crippen LogP) is 5.15. The SMILES string of the molecule is CC([SiH3])C(C)(C)OC(=O)N1CCC(c2ccc(F)cc2)C(OCc2ccc3c(O)cccc3c2)C1. The zero-order chi connectivity index (χ0) is 25.2. The number of hydrogen-bond acceptors (Lipinski definition) is 4. The largest absolute Gasteiger partial charge is 0.507 e. The average Bonchev–Trinajstić information content (AvgIpc) is 2.83. The summed E-state index contributed by atoms with van der Waals surface area (Å²) in [5.41, 5.74) is 1.79. The molecule has 1 saturated heterocycles. The summed E-state index contributed by atoms with van der Waals surface area (Å²) in [7, 11) is 0.934. The van der Waals surface area contributed by atoms with Gasteiger partial charge in [0.15, 0.2) is 0 Å². The number of piperidine rings is 1. The molecule has 1 N–H and O–H groups in total. The van der Waals surface area contributed by atoms with E-state index in [0.29, 0.717) is 31.7 Å². The maximum atomic E-state index is 13.6. The molecular formula is C28H34FNO4Si. The highest BCUT2D eigenvalue weighted by atomic mass is 28.1. The van der Waals surface area contributed by atoms with Crippen molar-refractivity contribution in [2.24, 2.45) is 0 Å². The Kier molecular flexibility index (Phi) is 7.47. The lowest BCUT2D eigenvalue weighted by atomic mass is 9.87. The van der Waals surface area contributed by atoms with E-state index in [4.69, 9.17) is 9.47 Å². The topological polar surface area (TPSA) is 59.0 Å². The first kappa shape index (κ1) is 25.2. The minimum absolute atomic E-state index is 0.0367. The number of halogens is 1. The first-order valence-corrected chi connectivity index (χ1v) is 13.3. The van der Waals surface area contributed by atoms with Crippen molar-refractivity contribution in [1.82, 2.24) is 4.90 Å². The van der Waals surface area contributed by atoms with Gasteiger partial charge < -0.3 is 19.5 Å². The number of nitrogens with zero attached hydrogens (tertiary/aromatic N) is 1. The minimum atomic E-state index is -0.510. The van der Waals surface area contributed by atoms with Gasteiger partial charge in [-0.1, -0.05) is 43.3 Å². The van der Waals surface area contributed by atoms with Crippen LogP contribution in [0.15, 0.2) is 60.7 Å². The summed E-state index contributed by atoms with van der Waals surface area (Å²) in [5, 5.41) is 11.8. The third-order valence-electron chi connectivity index (χ3n) is 7.24. The summed E-state index contributed by atoms with van der Waals surface area (Å²) in [6.07, 6.45) is 0.122. The van der Waals surface area contributed by atoms with Gasteiger partial charge in [0.25, 0.3) is 0 Å². The molecule has 0 saturated carbocycles. The number of amides is 1. The summed E-state index contributed by atoms with van der Waals surface area (Å²) < 4.78 is 25.8. The number of benzene rings is 3. The monoisotopic (exact) mass is 495 g/mol. The van der Waals surface area contributed by atoms with Gasteiger partial charge in [0.2, 0.25) is 0 Å². The van der Waals surface area contributed by atoms with Crippen molar-refractivity contribution in [3.63, 3.8) is 0 Å². The normalized spacial score (nSPS) is 19.6. The lowest BCUT2D eigenvalue weighted by molar-refractivity contribution is -0.0393. The van der Waals surface area contributed by atoms with Gasteiger partial charge in [0, 0.05) is 28.1 Å². The van der Waals surface area contributed by atoms with E-state index in [-0.39, 0.29) is 29.7 Å². The van der Waals surface area contributed by atoms with E-state index in [1.807, 2.05) is 44.2 Å². The molecule has 1 amide bonds. The van der Waals surface area contributed by atoms with Gasteiger partial charge in [-0.3, -0.25) is 0 Å². The molecule has 7 heteroatoms. The molecule has 0 spiro atoms. The van der Waals surface area contributed by atoms with E-state index in [0.717, 1.165) is 32.1 Å². The third kappa shape index (κ3) is 5.85. The van der Waals surface area contributed by atoms with Crippen LogP contribution in [0.1, 0.15) is 44.2 Å². The summed E-state index contributed by atoms with van der Waals surface area (Å²) >= 11 is 0. The quantitative estimate of drug-likeness (QED) is 0.481. The van der Waals surface area contributed by atoms with E-state index < -0.39 is 5.60 Å². The molecule has 5 nitrogen and oxygen atoms in total. The van der Waals surface area contributed by atoms with E-state index >= 15 is 0 Å². The minimum Gasteiger partial charge on any atom is -0.507 e. The van der Waals surface area contributed by atoms with Crippen LogP contribution in [0.5, 0.6) is 5.75 Å². The van der Waals surface area contributed by atoms with E-state index in [2.05, 4.69) is 6.92 Å². The molecule has 0 aromatic heterocycles. The molecule has 0 radical (unpaired) electrons. The molecule has 35 heavy (non-hydrogen) atoms. The summed E-state index contributed by atoms with van der Waals surface area (Å²) in [4.78, 5) is 14.7. The van der Waals surface area contributed by atoms with Crippen LogP contribution in [0, 0.1) is 5.82 Å². The molecule has 3 unspecified atom stereocenters. The molecule has 1 aliphatic heterocycles. The van der Waals surface area contributed by atoms with E-state index in [9.17, 15) is 14.3 Å². The highest BCUT2D eigenvalue weighted by Crippen LogP contribution is 2.33. The number of fused-ring (bicyclic) bond motifs is 1. The van der Waals surface area contributed by atoms with Crippen LogP contribution in [0.2, 0.25) is 5.54 Å². The summed E-state index contributed by atoms with van der Waals surface area (Å²) in [5.74, 6) is 0.0144. The maximum absolute atomic E-state index is 13.6. The molecule has 0 bridgehead atoms. The number of ether oxygens (including phenoxy) is 2. The second-order valence-electron chi connectivity index (χ2n) is 10.2. The van der Waals surface area contributed by atoms with Crippen LogP contribution in [0.25, 0.3) is 10.8 Å². The fourth-order valence-corrected chi connectivity index (χ4v) is 4.48. The molecule has 4 rings (SSSR count). The second kappa shape index (κ2) is 10.4. The fraction of sp³-hybridized carbons (Fsp3) is 0.393. The number of carbonyl (C=O) groups excluding carboxylic acids is 1. The summed E-state index contributed by atoms with van der Waals surface area (Å²) in [6.45, 7) is 7.33. The molecule has 1 aliphatic rings. The predicted molar refractivity (Wildman–Crippen MR) is 139 cm³/mol. The molecule has 1 fully saturated rings. The van der Waals surface area contributed by atoms with Gasteiger partial charge in [-0.05, 0) is 66.6 Å². The number of rotatable bonds is 6. The highest BCUT2D eigenvalue weighted by Gasteiger charge is 2.36. The van der Waals surface area contributed by atoms with Crippen molar-refractivity contribution in [1.29, 1.82) is 0 Å². The van der Waals surface area contributed by atoms with Crippen molar-refractivity contribution < 1.29 is 23.8 Å². The highest BCUT2D eigenvalue weighted by molar-refractivity contribution is 6.12. The lowest BCUT2D eigenvalue weighted by Crippen LogP contribution is -2.49. The fourth-order valence-electron chi connectivity index (χ4n) is 4.36. The van der Waals surface area contributed by atoms with Crippen LogP contribution >= 0.6 is 0 Å². The zero-order valence-corrected chi connectivity index (χ0v) is 22.8. The Balaban J connectivity index is 1.52. The van der Waals surface area contributed by atoms with Crippen molar-refractivity contribution in [2.45, 2.75) is 57.0 Å². The van der Waals surface area contributed by atoms with Crippen LogP contribution < -0.4 is 0 Å². The number of hydrogen-bond donors (Lipinski definition) is 1. The molecule has 1 heterocycles. The van der Waals surface area contributed by atoms with Crippen molar-refractivity contribution in [2.75, 3.05) is 13.1 Å². The Morgan fingerprint density at radius 3 is 2.66 bits per heavy atom. The average molecular weight is 496 g/mol. The molecule has 3 atom stereocenters. The zero-order valence-electron chi connectivity index (χ0n) is 20.8. The van der Waals surface area contributed by atoms with Crippen LogP contribution in [-0.2, 0) is 16.1 Å². The number of phenolic OH excluding ortho intramolecular Hbond substituents is 1. The van der Waals surface area contributed by atoms with Gasteiger partial charge >= 0.3 is 6.09 Å².